The van der Waals surface area contributed by atoms with Gasteiger partial charge in [0.15, 0.2) is 0 Å². The van der Waals surface area contributed by atoms with Crippen molar-refractivity contribution in [2.75, 3.05) is 5.73 Å². The number of rotatable bonds is 2. The number of nitrogens with two attached hydrogens (primary N) is 1. The highest BCUT2D eigenvalue weighted by molar-refractivity contribution is 7.13. The van der Waals surface area contributed by atoms with Crippen LogP contribution >= 0.6 is 11.3 Å². The maximum Gasteiger partial charge on any atom is 0.146 e. The minimum Gasteiger partial charge on any atom is -0.396 e. The summed E-state index contributed by atoms with van der Waals surface area (Å²) in [6.07, 6.45) is 3.49. The standard InChI is InChI=1S/C14H10FN3S/c15-11-4-3-9(6-12(11)16)13-8-19-14(18-13)10-2-1-5-17-7-10/h1-8H,16H2. The van der Waals surface area contributed by atoms with Gasteiger partial charge in [0.25, 0.3) is 0 Å². The first-order chi connectivity index (χ1) is 9.24. The molecule has 0 bridgehead atoms. The fraction of sp³-hybridized carbons (Fsp3) is 0. The summed E-state index contributed by atoms with van der Waals surface area (Å²) in [4.78, 5) is 8.59. The van der Waals surface area contributed by atoms with Crippen molar-refractivity contribution in [3.8, 4) is 21.8 Å². The zero-order chi connectivity index (χ0) is 13.2. The Morgan fingerprint density at radius 2 is 2.05 bits per heavy atom. The van der Waals surface area contributed by atoms with E-state index >= 15 is 0 Å². The molecule has 3 rings (SSSR count). The van der Waals surface area contributed by atoms with Crippen LogP contribution in [0.1, 0.15) is 0 Å². The van der Waals surface area contributed by atoms with Crippen molar-refractivity contribution in [3.05, 3.63) is 53.9 Å². The van der Waals surface area contributed by atoms with E-state index in [0.717, 1.165) is 21.8 Å². The molecule has 0 saturated carbocycles. The third kappa shape index (κ3) is 2.32. The van der Waals surface area contributed by atoms with Crippen molar-refractivity contribution in [3.63, 3.8) is 0 Å². The number of aromatic nitrogens is 2. The minimum atomic E-state index is -0.411. The Morgan fingerprint density at radius 3 is 2.79 bits per heavy atom. The van der Waals surface area contributed by atoms with E-state index < -0.39 is 5.82 Å². The lowest BCUT2D eigenvalue weighted by Gasteiger charge is -2.00. The molecule has 0 aliphatic rings. The number of benzene rings is 1. The average molecular weight is 271 g/mol. The van der Waals surface area contributed by atoms with Gasteiger partial charge in [0.1, 0.15) is 10.8 Å². The van der Waals surface area contributed by atoms with Crippen molar-refractivity contribution < 1.29 is 4.39 Å². The lowest BCUT2D eigenvalue weighted by Crippen LogP contribution is -1.90. The predicted molar refractivity (Wildman–Crippen MR) is 75.2 cm³/mol. The number of nitrogens with zero attached hydrogens (tertiary/aromatic N) is 2. The molecule has 3 nitrogen and oxygen atoms in total. The maximum atomic E-state index is 13.1. The number of hydrogen-bond acceptors (Lipinski definition) is 4. The summed E-state index contributed by atoms with van der Waals surface area (Å²) >= 11 is 1.52. The molecular formula is C14H10FN3S. The summed E-state index contributed by atoms with van der Waals surface area (Å²) in [5.41, 5.74) is 8.26. The van der Waals surface area contributed by atoms with Gasteiger partial charge in [-0.15, -0.1) is 11.3 Å². The van der Waals surface area contributed by atoms with Crippen LogP contribution in [0.25, 0.3) is 21.8 Å². The van der Waals surface area contributed by atoms with Crippen LogP contribution in [0.5, 0.6) is 0 Å². The van der Waals surface area contributed by atoms with Gasteiger partial charge in [-0.2, -0.15) is 0 Å². The molecule has 94 valence electrons. The van der Waals surface area contributed by atoms with E-state index in [9.17, 15) is 4.39 Å². The van der Waals surface area contributed by atoms with Gasteiger partial charge < -0.3 is 5.73 Å². The van der Waals surface area contributed by atoms with Crippen LogP contribution in [0.3, 0.4) is 0 Å². The third-order valence-corrected chi connectivity index (χ3v) is 3.60. The summed E-state index contributed by atoms with van der Waals surface area (Å²) in [6, 6.07) is 8.44. The Labute approximate surface area is 113 Å². The smallest absolute Gasteiger partial charge is 0.146 e. The van der Waals surface area contributed by atoms with Crippen molar-refractivity contribution >= 4 is 17.0 Å². The van der Waals surface area contributed by atoms with Crippen molar-refractivity contribution in [1.29, 1.82) is 0 Å². The van der Waals surface area contributed by atoms with E-state index in [0.29, 0.717) is 0 Å². The molecule has 0 amide bonds. The topological polar surface area (TPSA) is 51.8 Å². The zero-order valence-electron chi connectivity index (χ0n) is 9.88. The lowest BCUT2D eigenvalue weighted by atomic mass is 10.1. The highest BCUT2D eigenvalue weighted by atomic mass is 32.1. The molecule has 0 saturated heterocycles. The molecule has 0 fully saturated rings. The van der Waals surface area contributed by atoms with Crippen LogP contribution in [-0.2, 0) is 0 Å². The second kappa shape index (κ2) is 4.78. The van der Waals surface area contributed by atoms with Crippen molar-refractivity contribution in [2.45, 2.75) is 0 Å². The Kier molecular flexibility index (Phi) is 2.97. The Balaban J connectivity index is 1.99. The second-order valence-electron chi connectivity index (χ2n) is 4.02. The number of hydrogen-bond donors (Lipinski definition) is 1. The van der Waals surface area contributed by atoms with Gasteiger partial charge in [-0.1, -0.05) is 0 Å². The first-order valence-corrected chi connectivity index (χ1v) is 6.53. The van der Waals surface area contributed by atoms with Crippen molar-refractivity contribution in [2.24, 2.45) is 0 Å². The van der Waals surface area contributed by atoms with E-state index in [4.69, 9.17) is 5.73 Å². The molecule has 2 aromatic heterocycles. The normalized spacial score (nSPS) is 10.6. The number of thiazole rings is 1. The number of pyridine rings is 1. The highest BCUT2D eigenvalue weighted by Crippen LogP contribution is 2.29. The molecule has 0 atom stereocenters. The van der Waals surface area contributed by atoms with Gasteiger partial charge in [0.2, 0.25) is 0 Å². The molecule has 19 heavy (non-hydrogen) atoms. The fourth-order valence-electron chi connectivity index (χ4n) is 1.73. The van der Waals surface area contributed by atoms with Gasteiger partial charge in [0.05, 0.1) is 11.4 Å². The molecule has 2 heterocycles. The van der Waals surface area contributed by atoms with Crippen LogP contribution in [0.4, 0.5) is 10.1 Å². The summed E-state index contributed by atoms with van der Waals surface area (Å²) in [5, 5.41) is 2.81. The molecule has 0 aliphatic carbocycles. The lowest BCUT2D eigenvalue weighted by molar-refractivity contribution is 0.632. The van der Waals surface area contributed by atoms with Crippen molar-refractivity contribution in [1.82, 2.24) is 9.97 Å². The van der Waals surface area contributed by atoms with E-state index in [1.165, 1.54) is 17.4 Å². The third-order valence-electron chi connectivity index (χ3n) is 2.70. The highest BCUT2D eigenvalue weighted by Gasteiger charge is 2.08. The summed E-state index contributed by atoms with van der Waals surface area (Å²) in [6.45, 7) is 0. The van der Waals surface area contributed by atoms with Crippen LogP contribution in [-0.4, -0.2) is 9.97 Å². The number of anilines is 1. The van der Waals surface area contributed by atoms with Gasteiger partial charge in [-0.05, 0) is 30.3 Å². The first-order valence-electron chi connectivity index (χ1n) is 5.65. The van der Waals surface area contributed by atoms with Crippen LogP contribution in [0.2, 0.25) is 0 Å². The molecule has 0 spiro atoms. The minimum absolute atomic E-state index is 0.133. The van der Waals surface area contributed by atoms with Gasteiger partial charge in [-0.25, -0.2) is 9.37 Å². The van der Waals surface area contributed by atoms with Gasteiger partial charge >= 0.3 is 0 Å². The quantitative estimate of drug-likeness (QED) is 0.725. The summed E-state index contributed by atoms with van der Waals surface area (Å²) < 4.78 is 13.1. The van der Waals surface area contributed by atoms with Crippen LogP contribution in [0.15, 0.2) is 48.1 Å². The molecule has 2 N–H and O–H groups in total. The molecule has 0 radical (unpaired) electrons. The second-order valence-corrected chi connectivity index (χ2v) is 4.87. The maximum absolute atomic E-state index is 13.1. The number of halogens is 1. The monoisotopic (exact) mass is 271 g/mol. The number of nitrogen functional groups attached to an aromatic ring is 1. The Hall–Kier alpha value is -2.27. The molecule has 3 aromatic rings. The molecule has 5 heteroatoms. The summed E-state index contributed by atoms with van der Waals surface area (Å²) in [5.74, 6) is -0.411. The SMILES string of the molecule is Nc1cc(-c2csc(-c3cccnc3)n2)ccc1F. The van der Waals surface area contributed by atoms with E-state index in [-0.39, 0.29) is 5.69 Å². The van der Waals surface area contributed by atoms with E-state index in [1.54, 1.807) is 24.5 Å². The van der Waals surface area contributed by atoms with E-state index in [1.807, 2.05) is 17.5 Å². The Bertz CT molecular complexity index is 710. The van der Waals surface area contributed by atoms with Gasteiger partial charge in [-0.3, -0.25) is 4.98 Å². The molecule has 0 aliphatic heterocycles. The zero-order valence-corrected chi connectivity index (χ0v) is 10.7. The summed E-state index contributed by atoms with van der Waals surface area (Å²) in [7, 11) is 0. The predicted octanol–water partition coefficient (Wildman–Crippen LogP) is 3.59. The van der Waals surface area contributed by atoms with E-state index in [2.05, 4.69) is 9.97 Å². The molecular weight excluding hydrogens is 261 g/mol. The van der Waals surface area contributed by atoms with Crippen LogP contribution in [0, 0.1) is 5.82 Å². The van der Waals surface area contributed by atoms with Crippen LogP contribution < -0.4 is 5.73 Å². The largest absolute Gasteiger partial charge is 0.396 e. The average Bonchev–Trinajstić information content (AvgIpc) is 2.93. The molecule has 1 aromatic carbocycles. The molecule has 0 unspecified atom stereocenters. The Morgan fingerprint density at radius 1 is 1.16 bits per heavy atom. The first kappa shape index (κ1) is 11.8. The van der Waals surface area contributed by atoms with Gasteiger partial charge in [0, 0.05) is 28.9 Å². The fourth-order valence-corrected chi connectivity index (χ4v) is 2.55.